The van der Waals surface area contributed by atoms with Gasteiger partial charge in [0.15, 0.2) is 9.46 Å². The van der Waals surface area contributed by atoms with E-state index in [0.717, 1.165) is 6.26 Å². The lowest BCUT2D eigenvalue weighted by atomic mass is 11.8. The second kappa shape index (κ2) is 2.25. The zero-order valence-corrected chi connectivity index (χ0v) is 5.49. The van der Waals surface area contributed by atoms with Crippen LogP contribution in [0.5, 0.6) is 0 Å². The van der Waals surface area contributed by atoms with E-state index in [0.29, 0.717) is 0 Å². The molecule has 0 spiro atoms. The smallest absolute Gasteiger partial charge is 0.175 e. The van der Waals surface area contributed by atoms with Gasteiger partial charge >= 0.3 is 0 Å². The fourth-order valence-electron chi connectivity index (χ4n) is 0.0829. The molecule has 0 fully saturated rings. The van der Waals surface area contributed by atoms with Crippen LogP contribution in [0, 0.1) is 11.1 Å². The van der Waals surface area contributed by atoms with Crippen molar-refractivity contribution in [2.75, 3.05) is 6.26 Å². The van der Waals surface area contributed by atoms with Crippen molar-refractivity contribution in [3.8, 4) is 5.81 Å². The predicted molar refractivity (Wildman–Crippen MR) is 28.8 cm³/mol. The third-order valence-corrected chi connectivity index (χ3v) is 2.08. The molecular weight excluding hydrogens is 133 g/mol. The minimum absolute atomic E-state index is 0.598. The van der Waals surface area contributed by atoms with Crippen LogP contribution in [0.4, 0.5) is 0 Å². The topological polar surface area (TPSA) is 57.9 Å². The lowest BCUT2D eigenvalue weighted by Crippen LogP contribution is -1.80. The van der Waals surface area contributed by atoms with E-state index in [1.54, 1.807) is 5.81 Å². The zero-order valence-electron chi connectivity index (χ0n) is 3.67. The van der Waals surface area contributed by atoms with Crippen molar-refractivity contribution in [3.05, 3.63) is 0 Å². The quantitative estimate of drug-likeness (QED) is 0.482. The average Bonchev–Trinajstić information content (AvgIpc) is 1.30. The summed E-state index contributed by atoms with van der Waals surface area (Å²) in [5, 5.41) is 7.79. The second-order valence-corrected chi connectivity index (χ2v) is 5.80. The maximum atomic E-state index is 10.0. The summed E-state index contributed by atoms with van der Waals surface area (Å²) in [6, 6.07) is 0. The molecule has 0 amide bonds. The van der Waals surface area contributed by atoms with Crippen LogP contribution >= 0.6 is 7.78 Å². The maximum Gasteiger partial charge on any atom is 0.175 e. The molecule has 3 nitrogen and oxygen atoms in total. The Morgan fingerprint density at radius 3 is 2.14 bits per heavy atom. The van der Waals surface area contributed by atoms with Crippen molar-refractivity contribution >= 4 is 17.2 Å². The molecular formula is C2H4NO2PS. The summed E-state index contributed by atoms with van der Waals surface area (Å²) in [4.78, 5) is 0. The molecule has 1 atom stereocenters. The molecule has 40 valence electrons. The Labute approximate surface area is 43.8 Å². The first-order valence-electron chi connectivity index (χ1n) is 1.42. The molecule has 0 heterocycles. The summed E-state index contributed by atoms with van der Waals surface area (Å²) in [5.74, 6) is 1.55. The second-order valence-electron chi connectivity index (χ2n) is 0.986. The molecule has 0 saturated carbocycles. The van der Waals surface area contributed by atoms with Crippen LogP contribution in [0.15, 0.2) is 0 Å². The molecule has 0 aliphatic rings. The highest BCUT2D eigenvalue weighted by Crippen LogP contribution is 2.14. The first-order chi connectivity index (χ1) is 3.06. The third kappa shape index (κ3) is 5.87. The molecule has 0 aliphatic heterocycles. The monoisotopic (exact) mass is 137 g/mol. The Morgan fingerprint density at radius 1 is 1.71 bits per heavy atom. The van der Waals surface area contributed by atoms with Gasteiger partial charge in [0, 0.05) is 6.26 Å². The normalized spacial score (nSPS) is 12.0. The molecule has 0 bridgehead atoms. The van der Waals surface area contributed by atoms with Crippen LogP contribution in [0.3, 0.4) is 0 Å². The minimum atomic E-state index is -3.01. The van der Waals surface area contributed by atoms with Crippen LogP contribution in [-0.2, 0) is 9.46 Å². The van der Waals surface area contributed by atoms with Gasteiger partial charge in [-0.2, -0.15) is 5.26 Å². The number of hydrogen-bond donors (Lipinski definition) is 0. The number of rotatable bonds is 1. The van der Waals surface area contributed by atoms with Crippen LogP contribution in [0.25, 0.3) is 0 Å². The molecule has 0 N–H and O–H groups in total. The molecule has 5 heteroatoms. The summed E-state index contributed by atoms with van der Waals surface area (Å²) < 4.78 is 20.0. The van der Waals surface area contributed by atoms with E-state index < -0.39 is 17.2 Å². The van der Waals surface area contributed by atoms with E-state index in [1.165, 1.54) is 0 Å². The van der Waals surface area contributed by atoms with Crippen LogP contribution in [0.2, 0.25) is 0 Å². The Morgan fingerprint density at radius 2 is 2.14 bits per heavy atom. The molecule has 0 rings (SSSR count). The van der Waals surface area contributed by atoms with Gasteiger partial charge < -0.3 is 0 Å². The summed E-state index contributed by atoms with van der Waals surface area (Å²) in [7, 11) is -3.61. The number of hydrogen-bond acceptors (Lipinski definition) is 3. The van der Waals surface area contributed by atoms with Crippen molar-refractivity contribution in [1.29, 1.82) is 5.26 Å². The highest BCUT2D eigenvalue weighted by atomic mass is 32.8. The summed E-state index contributed by atoms with van der Waals surface area (Å²) in [5.41, 5.74) is 0. The van der Waals surface area contributed by atoms with E-state index in [1.807, 2.05) is 0 Å². The molecule has 1 unspecified atom stereocenters. The van der Waals surface area contributed by atoms with E-state index >= 15 is 0 Å². The maximum absolute atomic E-state index is 10.0. The van der Waals surface area contributed by atoms with Crippen LogP contribution in [0.1, 0.15) is 0 Å². The Bertz CT molecular complexity index is 176. The molecule has 0 aromatic rings. The molecule has 0 radical (unpaired) electrons. The molecule has 7 heavy (non-hydrogen) atoms. The zero-order chi connectivity index (χ0) is 5.91. The number of nitriles is 1. The largest absolute Gasteiger partial charge is 0.224 e. The predicted octanol–water partition coefficient (Wildman–Crippen LogP) is 0.106. The van der Waals surface area contributed by atoms with Gasteiger partial charge in [-0.3, -0.25) is 0 Å². The van der Waals surface area contributed by atoms with Gasteiger partial charge in [-0.05, 0) is 0 Å². The van der Waals surface area contributed by atoms with Gasteiger partial charge in [0.05, 0.1) is 0 Å². The van der Waals surface area contributed by atoms with Crippen molar-refractivity contribution < 1.29 is 8.42 Å². The summed E-state index contributed by atoms with van der Waals surface area (Å²) in [6.45, 7) is 0. The first-order valence-corrected chi connectivity index (χ1v) is 5.04. The van der Waals surface area contributed by atoms with Gasteiger partial charge in [0.2, 0.25) is 0 Å². The van der Waals surface area contributed by atoms with Crippen LogP contribution in [-0.4, -0.2) is 14.7 Å². The van der Waals surface area contributed by atoms with Crippen LogP contribution < -0.4 is 0 Å². The lowest BCUT2D eigenvalue weighted by Gasteiger charge is -1.78. The van der Waals surface area contributed by atoms with Gasteiger partial charge in [-0.25, -0.2) is 8.42 Å². The Balaban J connectivity index is 3.92. The fraction of sp³-hybridized carbons (Fsp3) is 0.500. The summed E-state index contributed by atoms with van der Waals surface area (Å²) >= 11 is 0. The van der Waals surface area contributed by atoms with Crippen molar-refractivity contribution in [1.82, 2.24) is 0 Å². The van der Waals surface area contributed by atoms with E-state index in [4.69, 9.17) is 5.26 Å². The Kier molecular flexibility index (Phi) is 2.21. The van der Waals surface area contributed by atoms with Crippen molar-refractivity contribution in [3.63, 3.8) is 0 Å². The SMILES string of the molecule is CS(=O)(=O)PC#N. The van der Waals surface area contributed by atoms with Gasteiger partial charge in [-0.1, -0.05) is 0 Å². The molecule has 0 aromatic heterocycles. The Hall–Kier alpha value is -0.130. The van der Waals surface area contributed by atoms with Crippen molar-refractivity contribution in [2.24, 2.45) is 0 Å². The highest BCUT2D eigenvalue weighted by Gasteiger charge is 1.96. The van der Waals surface area contributed by atoms with Gasteiger partial charge in [-0.15, -0.1) is 0 Å². The summed E-state index contributed by atoms with van der Waals surface area (Å²) in [6.07, 6.45) is 1.04. The lowest BCUT2D eigenvalue weighted by molar-refractivity contribution is 0.615. The third-order valence-electron chi connectivity index (χ3n) is 0.231. The van der Waals surface area contributed by atoms with E-state index in [9.17, 15) is 8.42 Å². The van der Waals surface area contributed by atoms with E-state index in [2.05, 4.69) is 0 Å². The van der Waals surface area contributed by atoms with E-state index in [-0.39, 0.29) is 0 Å². The first kappa shape index (κ1) is 6.87. The number of nitrogens with zero attached hydrogens (tertiary/aromatic N) is 1. The fourth-order valence-corrected chi connectivity index (χ4v) is 0.746. The highest BCUT2D eigenvalue weighted by molar-refractivity contribution is 8.44. The molecule has 0 aromatic carbocycles. The molecule has 0 aliphatic carbocycles. The van der Waals surface area contributed by atoms with Gasteiger partial charge in [0.25, 0.3) is 0 Å². The standard InChI is InChI=1S/C2H4NO2PS/c1-7(4,5)6-2-3/h6H,1H3. The minimum Gasteiger partial charge on any atom is -0.224 e. The van der Waals surface area contributed by atoms with Gasteiger partial charge in [0.1, 0.15) is 13.6 Å². The van der Waals surface area contributed by atoms with Crippen molar-refractivity contribution in [2.45, 2.75) is 0 Å². The average molecular weight is 137 g/mol. The molecule has 0 saturated heterocycles.